The minimum absolute atomic E-state index is 0.0168. The standard InChI is InChI=1S/C34H35F3N6O6/c1-4-46-28-18-25(27(19-29(28)48-21(2)3)47-20-23-14-10-11-17-39-23)30(32(44)43-40-22-12-6-5-7-13-22)41-42-31(38)24-15-8-9-16-26(24)49-33(45)34(35,36)37/h5-19,21,30,40-41H,4,20H2,1-3H3,(H2,38,42)(H,43,44). The number of hydrazone groups is 1. The SMILES string of the molecule is CCOc1cc(C(N/N=C(\N)c2ccccc2OC(=O)C(F)(F)F)C(=O)NNc2ccccc2)c(OCc2ccccn2)cc1OC(C)C. The molecule has 1 atom stereocenters. The minimum Gasteiger partial charge on any atom is -0.490 e. The number of nitrogens with two attached hydrogens (primary N) is 1. The number of amidine groups is 1. The number of anilines is 1. The largest absolute Gasteiger partial charge is 0.491 e. The van der Waals surface area contributed by atoms with Gasteiger partial charge in [-0.05, 0) is 63.2 Å². The number of ether oxygens (including phenoxy) is 4. The number of carbonyl (C=O) groups is 2. The topological polar surface area (TPSA) is 158 Å². The maximum atomic E-state index is 13.9. The van der Waals surface area contributed by atoms with Crippen molar-refractivity contribution in [1.82, 2.24) is 15.8 Å². The van der Waals surface area contributed by atoms with Crippen molar-refractivity contribution in [3.05, 3.63) is 108 Å². The van der Waals surface area contributed by atoms with Crippen LogP contribution in [-0.4, -0.2) is 41.6 Å². The van der Waals surface area contributed by atoms with E-state index in [9.17, 15) is 22.8 Å². The third kappa shape index (κ3) is 10.2. The van der Waals surface area contributed by atoms with Gasteiger partial charge >= 0.3 is 12.1 Å². The monoisotopic (exact) mass is 680 g/mol. The van der Waals surface area contributed by atoms with Crippen LogP contribution in [0.4, 0.5) is 18.9 Å². The highest BCUT2D eigenvalue weighted by Gasteiger charge is 2.41. The van der Waals surface area contributed by atoms with Gasteiger partial charge < -0.3 is 24.7 Å². The zero-order valence-electron chi connectivity index (χ0n) is 26.8. The Balaban J connectivity index is 1.77. The van der Waals surface area contributed by atoms with Crippen LogP contribution in [0.2, 0.25) is 0 Å². The molecule has 5 N–H and O–H groups in total. The first kappa shape index (κ1) is 35.9. The highest BCUT2D eigenvalue weighted by molar-refractivity contribution is 6.00. The normalized spacial score (nSPS) is 12.1. The third-order valence-corrected chi connectivity index (χ3v) is 6.43. The third-order valence-electron chi connectivity index (χ3n) is 6.43. The molecule has 0 aliphatic carbocycles. The summed E-state index contributed by atoms with van der Waals surface area (Å²) in [5.74, 6) is -3.14. The van der Waals surface area contributed by atoms with Gasteiger partial charge in [0.2, 0.25) is 0 Å². The molecule has 1 unspecified atom stereocenters. The highest BCUT2D eigenvalue weighted by atomic mass is 19.4. The van der Waals surface area contributed by atoms with E-state index in [1.807, 2.05) is 13.8 Å². The second-order valence-electron chi connectivity index (χ2n) is 10.5. The minimum atomic E-state index is -5.25. The van der Waals surface area contributed by atoms with Crippen molar-refractivity contribution in [2.24, 2.45) is 10.8 Å². The van der Waals surface area contributed by atoms with E-state index in [0.717, 1.165) is 6.07 Å². The molecule has 0 aliphatic heterocycles. The lowest BCUT2D eigenvalue weighted by Crippen LogP contribution is -2.39. The number of nitrogens with zero attached hydrogens (tertiary/aromatic N) is 2. The Labute approximate surface area is 280 Å². The number of aromatic nitrogens is 1. The van der Waals surface area contributed by atoms with Gasteiger partial charge in [-0.1, -0.05) is 36.4 Å². The lowest BCUT2D eigenvalue weighted by molar-refractivity contribution is -0.189. The zero-order valence-corrected chi connectivity index (χ0v) is 26.8. The average molecular weight is 681 g/mol. The number of hydrazine groups is 1. The highest BCUT2D eigenvalue weighted by Crippen LogP contribution is 2.39. The van der Waals surface area contributed by atoms with E-state index in [0.29, 0.717) is 22.9 Å². The number of halogens is 3. The van der Waals surface area contributed by atoms with Gasteiger partial charge in [-0.15, -0.1) is 0 Å². The van der Waals surface area contributed by atoms with Crippen molar-refractivity contribution >= 4 is 23.4 Å². The number of hydrogen-bond acceptors (Lipinski definition) is 10. The number of benzene rings is 3. The molecule has 0 saturated heterocycles. The molecular weight excluding hydrogens is 645 g/mol. The molecule has 1 aromatic heterocycles. The van der Waals surface area contributed by atoms with Crippen LogP contribution in [0.5, 0.6) is 23.0 Å². The lowest BCUT2D eigenvalue weighted by atomic mass is 10.0. The van der Waals surface area contributed by atoms with Crippen LogP contribution in [-0.2, 0) is 16.2 Å². The van der Waals surface area contributed by atoms with E-state index in [1.54, 1.807) is 73.8 Å². The number of esters is 1. The summed E-state index contributed by atoms with van der Waals surface area (Å²) in [4.78, 5) is 29.7. The van der Waals surface area contributed by atoms with Crippen molar-refractivity contribution < 1.29 is 41.7 Å². The van der Waals surface area contributed by atoms with Crippen molar-refractivity contribution in [3.63, 3.8) is 0 Å². The predicted molar refractivity (Wildman–Crippen MR) is 175 cm³/mol. The number of pyridine rings is 1. The first-order valence-electron chi connectivity index (χ1n) is 15.0. The van der Waals surface area contributed by atoms with Gasteiger partial charge in [0, 0.05) is 17.8 Å². The maximum absolute atomic E-state index is 13.9. The van der Waals surface area contributed by atoms with Gasteiger partial charge in [-0.25, -0.2) is 4.79 Å². The van der Waals surface area contributed by atoms with Crippen LogP contribution in [0.1, 0.15) is 43.6 Å². The van der Waals surface area contributed by atoms with Crippen LogP contribution < -0.4 is 41.0 Å². The number of nitrogens with one attached hydrogen (secondary N) is 3. The summed E-state index contributed by atoms with van der Waals surface area (Å²) in [6.07, 6.45) is -3.88. The molecule has 3 aromatic carbocycles. The fourth-order valence-corrected chi connectivity index (χ4v) is 4.27. The van der Waals surface area contributed by atoms with Crippen molar-refractivity contribution in [3.8, 4) is 23.0 Å². The van der Waals surface area contributed by atoms with E-state index >= 15 is 0 Å². The summed E-state index contributed by atoms with van der Waals surface area (Å²) < 4.78 is 61.4. The summed E-state index contributed by atoms with van der Waals surface area (Å²) in [6, 6.07) is 21.1. The Bertz CT molecular complexity index is 1740. The van der Waals surface area contributed by atoms with Gasteiger partial charge in [0.1, 0.15) is 18.1 Å². The number of amides is 1. The van der Waals surface area contributed by atoms with Crippen molar-refractivity contribution in [1.29, 1.82) is 0 Å². The molecule has 1 amide bonds. The summed E-state index contributed by atoms with van der Waals surface area (Å²) >= 11 is 0. The van der Waals surface area contributed by atoms with E-state index in [4.69, 9.17) is 19.9 Å². The fourth-order valence-electron chi connectivity index (χ4n) is 4.27. The molecule has 15 heteroatoms. The molecule has 0 aliphatic rings. The van der Waals surface area contributed by atoms with Crippen LogP contribution in [0, 0.1) is 0 Å². The molecule has 0 spiro atoms. The Morgan fingerprint density at radius 2 is 1.61 bits per heavy atom. The Morgan fingerprint density at radius 3 is 2.29 bits per heavy atom. The van der Waals surface area contributed by atoms with E-state index in [-0.39, 0.29) is 42.0 Å². The molecular formula is C34H35F3N6O6. The van der Waals surface area contributed by atoms with Crippen LogP contribution in [0.25, 0.3) is 0 Å². The molecule has 0 saturated carbocycles. The number of rotatable bonds is 15. The molecule has 4 rings (SSSR count). The summed E-state index contributed by atoms with van der Waals surface area (Å²) in [5, 5.41) is 4.13. The molecule has 12 nitrogen and oxygen atoms in total. The first-order chi connectivity index (χ1) is 23.5. The van der Waals surface area contributed by atoms with Crippen LogP contribution in [0.3, 0.4) is 0 Å². The second kappa shape index (κ2) is 16.7. The predicted octanol–water partition coefficient (Wildman–Crippen LogP) is 5.41. The summed E-state index contributed by atoms with van der Waals surface area (Å²) in [6.45, 7) is 5.74. The molecule has 0 bridgehead atoms. The summed E-state index contributed by atoms with van der Waals surface area (Å²) in [7, 11) is 0. The van der Waals surface area contributed by atoms with E-state index < -0.39 is 29.8 Å². The first-order valence-corrected chi connectivity index (χ1v) is 15.0. The molecule has 258 valence electrons. The quantitative estimate of drug-likeness (QED) is 0.0421. The maximum Gasteiger partial charge on any atom is 0.491 e. The van der Waals surface area contributed by atoms with Crippen LogP contribution in [0.15, 0.2) is 96.2 Å². The summed E-state index contributed by atoms with van der Waals surface area (Å²) in [5.41, 5.74) is 15.6. The van der Waals surface area contributed by atoms with E-state index in [2.05, 4.69) is 31.1 Å². The molecule has 4 aromatic rings. The number of para-hydroxylation sites is 2. The molecule has 1 heterocycles. The smallest absolute Gasteiger partial charge is 0.490 e. The molecule has 49 heavy (non-hydrogen) atoms. The number of hydrogen-bond donors (Lipinski definition) is 4. The van der Waals surface area contributed by atoms with Gasteiger partial charge in [0.15, 0.2) is 23.4 Å². The Hall–Kier alpha value is -5.99. The van der Waals surface area contributed by atoms with Gasteiger partial charge in [0.05, 0.1) is 29.7 Å². The number of alkyl halides is 3. The van der Waals surface area contributed by atoms with Gasteiger partial charge in [0.25, 0.3) is 5.91 Å². The Kier molecular flexibility index (Phi) is 12.2. The van der Waals surface area contributed by atoms with E-state index in [1.165, 1.54) is 18.2 Å². The van der Waals surface area contributed by atoms with Gasteiger partial charge in [-0.2, -0.15) is 18.3 Å². The zero-order chi connectivity index (χ0) is 35.4. The second-order valence-corrected chi connectivity index (χ2v) is 10.5. The Morgan fingerprint density at radius 1 is 0.898 bits per heavy atom. The average Bonchev–Trinajstić information content (AvgIpc) is 3.08. The number of carbonyl (C=O) groups excluding carboxylic acids is 2. The van der Waals surface area contributed by atoms with Crippen LogP contribution >= 0.6 is 0 Å². The van der Waals surface area contributed by atoms with Crippen molar-refractivity contribution in [2.45, 2.75) is 45.7 Å². The van der Waals surface area contributed by atoms with Gasteiger partial charge in [-0.3, -0.25) is 26.1 Å². The molecule has 0 fully saturated rings. The molecule has 0 radical (unpaired) electrons. The lowest BCUT2D eigenvalue weighted by Gasteiger charge is -2.24. The van der Waals surface area contributed by atoms with Crippen molar-refractivity contribution in [2.75, 3.05) is 12.0 Å². The fraction of sp³-hybridized carbons (Fsp3) is 0.235.